The van der Waals surface area contributed by atoms with Crippen LogP contribution in [0.1, 0.15) is 31.4 Å². The lowest BCUT2D eigenvalue weighted by Crippen LogP contribution is -2.42. The van der Waals surface area contributed by atoms with Crippen molar-refractivity contribution in [2.75, 3.05) is 13.6 Å². The Balaban J connectivity index is 1.44. The molecule has 2 N–H and O–H groups in total. The van der Waals surface area contributed by atoms with Crippen LogP contribution in [0.3, 0.4) is 0 Å². The van der Waals surface area contributed by atoms with E-state index in [1.54, 1.807) is 0 Å². The SMILES string of the molecule is CN1C2CCC1CC(CNCc1ccn[nH]1)C2. The summed E-state index contributed by atoms with van der Waals surface area (Å²) < 4.78 is 0. The Morgan fingerprint density at radius 1 is 1.41 bits per heavy atom. The lowest BCUT2D eigenvalue weighted by Gasteiger charge is -2.36. The van der Waals surface area contributed by atoms with Crippen molar-refractivity contribution in [1.29, 1.82) is 0 Å². The summed E-state index contributed by atoms with van der Waals surface area (Å²) in [5.41, 5.74) is 1.18. The third-order valence-electron chi connectivity index (χ3n) is 4.50. The summed E-state index contributed by atoms with van der Waals surface area (Å²) in [6.07, 6.45) is 7.40. The molecular formula is C13H22N4. The molecule has 4 heteroatoms. The lowest BCUT2D eigenvalue weighted by atomic mass is 9.91. The fourth-order valence-corrected chi connectivity index (χ4v) is 3.48. The molecule has 0 aromatic carbocycles. The van der Waals surface area contributed by atoms with Crippen LogP contribution in [0.5, 0.6) is 0 Å². The van der Waals surface area contributed by atoms with E-state index in [9.17, 15) is 0 Å². The van der Waals surface area contributed by atoms with Crippen molar-refractivity contribution in [2.24, 2.45) is 5.92 Å². The highest BCUT2D eigenvalue weighted by Crippen LogP contribution is 2.36. The first-order valence-corrected chi connectivity index (χ1v) is 6.74. The second-order valence-electron chi connectivity index (χ2n) is 5.60. The fourth-order valence-electron chi connectivity index (χ4n) is 3.48. The van der Waals surface area contributed by atoms with Crippen LogP contribution in [-0.2, 0) is 6.54 Å². The van der Waals surface area contributed by atoms with Crippen molar-refractivity contribution in [2.45, 2.75) is 44.3 Å². The molecule has 0 spiro atoms. The summed E-state index contributed by atoms with van der Waals surface area (Å²) >= 11 is 0. The Morgan fingerprint density at radius 2 is 2.18 bits per heavy atom. The van der Waals surface area contributed by atoms with Gasteiger partial charge in [-0.25, -0.2) is 0 Å². The van der Waals surface area contributed by atoms with Gasteiger partial charge in [0.05, 0.1) is 0 Å². The first-order valence-electron chi connectivity index (χ1n) is 6.74. The van der Waals surface area contributed by atoms with Crippen LogP contribution in [0.15, 0.2) is 12.3 Å². The van der Waals surface area contributed by atoms with E-state index < -0.39 is 0 Å². The Kier molecular flexibility index (Phi) is 3.16. The molecule has 0 radical (unpaired) electrons. The summed E-state index contributed by atoms with van der Waals surface area (Å²) in [4.78, 5) is 2.60. The summed E-state index contributed by atoms with van der Waals surface area (Å²) in [7, 11) is 2.30. The monoisotopic (exact) mass is 234 g/mol. The zero-order chi connectivity index (χ0) is 11.7. The number of rotatable bonds is 4. The Hall–Kier alpha value is -0.870. The van der Waals surface area contributed by atoms with E-state index in [2.05, 4.69) is 27.5 Å². The minimum absolute atomic E-state index is 0.854. The van der Waals surface area contributed by atoms with Crippen LogP contribution in [0.2, 0.25) is 0 Å². The zero-order valence-electron chi connectivity index (χ0n) is 10.5. The van der Waals surface area contributed by atoms with Crippen molar-refractivity contribution in [1.82, 2.24) is 20.4 Å². The highest BCUT2D eigenvalue weighted by Gasteiger charge is 2.37. The molecule has 2 unspecified atom stereocenters. The summed E-state index contributed by atoms with van der Waals surface area (Å²) in [6.45, 7) is 2.07. The van der Waals surface area contributed by atoms with Crippen LogP contribution < -0.4 is 5.32 Å². The molecule has 2 bridgehead atoms. The molecule has 3 heterocycles. The maximum atomic E-state index is 3.96. The molecule has 0 amide bonds. The predicted octanol–water partition coefficient (Wildman–Crippen LogP) is 1.37. The standard InChI is InChI=1S/C13H22N4/c1-17-12-2-3-13(17)7-10(6-12)8-14-9-11-4-5-15-16-11/h4-5,10,12-14H,2-3,6-9H2,1H3,(H,15,16). The molecule has 0 saturated carbocycles. The van der Waals surface area contributed by atoms with E-state index in [-0.39, 0.29) is 0 Å². The third-order valence-corrected chi connectivity index (χ3v) is 4.50. The Labute approximate surface area is 103 Å². The molecule has 17 heavy (non-hydrogen) atoms. The molecule has 0 aliphatic carbocycles. The van der Waals surface area contributed by atoms with Gasteiger partial charge >= 0.3 is 0 Å². The molecule has 2 fully saturated rings. The lowest BCUT2D eigenvalue weighted by molar-refractivity contribution is 0.133. The number of aromatic nitrogens is 2. The molecule has 4 nitrogen and oxygen atoms in total. The molecule has 2 saturated heterocycles. The second kappa shape index (κ2) is 4.78. The number of H-pyrrole nitrogens is 1. The van der Waals surface area contributed by atoms with Gasteiger partial charge < -0.3 is 10.2 Å². The topological polar surface area (TPSA) is 44.0 Å². The molecule has 1 aromatic heterocycles. The van der Waals surface area contributed by atoms with E-state index in [0.29, 0.717) is 0 Å². The molecule has 2 atom stereocenters. The second-order valence-corrected chi connectivity index (χ2v) is 5.60. The first-order chi connectivity index (χ1) is 8.33. The summed E-state index contributed by atoms with van der Waals surface area (Å²) in [6, 6.07) is 3.74. The van der Waals surface area contributed by atoms with Crippen LogP contribution >= 0.6 is 0 Å². The smallest absolute Gasteiger partial charge is 0.0490 e. The van der Waals surface area contributed by atoms with Gasteiger partial charge in [-0.3, -0.25) is 5.10 Å². The summed E-state index contributed by atoms with van der Waals surface area (Å²) in [5.74, 6) is 0.867. The average molecular weight is 234 g/mol. The van der Waals surface area contributed by atoms with Gasteiger partial charge in [0.1, 0.15) is 0 Å². The first kappa shape index (κ1) is 11.2. The molecular weight excluding hydrogens is 212 g/mol. The van der Waals surface area contributed by atoms with Gasteiger partial charge in [0.2, 0.25) is 0 Å². The predicted molar refractivity (Wildman–Crippen MR) is 67.6 cm³/mol. The van der Waals surface area contributed by atoms with E-state index in [4.69, 9.17) is 0 Å². The van der Waals surface area contributed by atoms with Gasteiger partial charge in [0, 0.05) is 30.5 Å². The van der Waals surface area contributed by atoms with Gasteiger partial charge in [-0.15, -0.1) is 0 Å². The molecule has 3 rings (SSSR count). The van der Waals surface area contributed by atoms with E-state index in [0.717, 1.165) is 31.1 Å². The normalized spacial score (nSPS) is 33.1. The van der Waals surface area contributed by atoms with Crippen molar-refractivity contribution in [3.8, 4) is 0 Å². The Morgan fingerprint density at radius 3 is 2.82 bits per heavy atom. The maximum Gasteiger partial charge on any atom is 0.0490 e. The van der Waals surface area contributed by atoms with Crippen LogP contribution in [0.4, 0.5) is 0 Å². The minimum atomic E-state index is 0.854. The zero-order valence-corrected chi connectivity index (χ0v) is 10.5. The van der Waals surface area contributed by atoms with E-state index >= 15 is 0 Å². The minimum Gasteiger partial charge on any atom is -0.311 e. The van der Waals surface area contributed by atoms with Gasteiger partial charge in [-0.05, 0) is 51.3 Å². The average Bonchev–Trinajstić information content (AvgIpc) is 2.87. The van der Waals surface area contributed by atoms with Gasteiger partial charge in [-0.2, -0.15) is 5.10 Å². The Bertz CT molecular complexity index is 334. The number of nitrogens with one attached hydrogen (secondary N) is 2. The van der Waals surface area contributed by atoms with E-state index in [1.165, 1.54) is 31.4 Å². The third kappa shape index (κ3) is 2.38. The van der Waals surface area contributed by atoms with E-state index in [1.807, 2.05) is 12.3 Å². The highest BCUT2D eigenvalue weighted by molar-refractivity contribution is 4.97. The molecule has 2 aliphatic heterocycles. The largest absolute Gasteiger partial charge is 0.311 e. The van der Waals surface area contributed by atoms with Gasteiger partial charge in [-0.1, -0.05) is 0 Å². The number of hydrogen-bond donors (Lipinski definition) is 2. The van der Waals surface area contributed by atoms with Crippen LogP contribution in [0.25, 0.3) is 0 Å². The quantitative estimate of drug-likeness (QED) is 0.827. The van der Waals surface area contributed by atoms with Crippen molar-refractivity contribution < 1.29 is 0 Å². The van der Waals surface area contributed by atoms with Crippen molar-refractivity contribution >= 4 is 0 Å². The summed E-state index contributed by atoms with van der Waals surface area (Å²) in [5, 5.41) is 10.5. The fraction of sp³-hybridized carbons (Fsp3) is 0.769. The maximum absolute atomic E-state index is 3.96. The van der Waals surface area contributed by atoms with Gasteiger partial charge in [0.25, 0.3) is 0 Å². The number of nitrogens with zero attached hydrogens (tertiary/aromatic N) is 2. The van der Waals surface area contributed by atoms with Crippen LogP contribution in [-0.4, -0.2) is 40.8 Å². The molecule has 1 aromatic rings. The number of fused-ring (bicyclic) bond motifs is 2. The highest BCUT2D eigenvalue weighted by atomic mass is 15.2. The molecule has 94 valence electrons. The van der Waals surface area contributed by atoms with Crippen molar-refractivity contribution in [3.63, 3.8) is 0 Å². The number of hydrogen-bond acceptors (Lipinski definition) is 3. The van der Waals surface area contributed by atoms with Crippen molar-refractivity contribution in [3.05, 3.63) is 18.0 Å². The van der Waals surface area contributed by atoms with Crippen LogP contribution in [0, 0.1) is 5.92 Å². The van der Waals surface area contributed by atoms with Gasteiger partial charge in [0.15, 0.2) is 0 Å². The molecule has 2 aliphatic rings. The number of aromatic amines is 1. The number of piperidine rings is 1.